The van der Waals surface area contributed by atoms with Crippen molar-refractivity contribution in [3.05, 3.63) is 35.4 Å². The van der Waals surface area contributed by atoms with Crippen LogP contribution in [0.25, 0.3) is 0 Å². The quantitative estimate of drug-likeness (QED) is 0.793. The van der Waals surface area contributed by atoms with Crippen LogP contribution in [-0.2, 0) is 11.2 Å². The third kappa shape index (κ3) is 3.08. The van der Waals surface area contributed by atoms with Crippen molar-refractivity contribution < 1.29 is 9.84 Å². The summed E-state index contributed by atoms with van der Waals surface area (Å²) in [7, 11) is 0. The Morgan fingerprint density at radius 1 is 1.35 bits per heavy atom. The zero-order valence-corrected chi connectivity index (χ0v) is 10.6. The molecular weight excluding hydrogens is 212 g/mol. The summed E-state index contributed by atoms with van der Waals surface area (Å²) in [5.41, 5.74) is 2.46. The van der Waals surface area contributed by atoms with Gasteiger partial charge in [-0.15, -0.1) is 0 Å². The van der Waals surface area contributed by atoms with E-state index in [1.165, 1.54) is 5.56 Å². The molecule has 17 heavy (non-hydrogen) atoms. The van der Waals surface area contributed by atoms with Crippen LogP contribution < -0.4 is 0 Å². The van der Waals surface area contributed by atoms with Crippen molar-refractivity contribution in [2.24, 2.45) is 5.92 Å². The first-order chi connectivity index (χ1) is 8.33. The summed E-state index contributed by atoms with van der Waals surface area (Å²) in [6.45, 7) is 3.63. The molecule has 1 aliphatic carbocycles. The lowest BCUT2D eigenvalue weighted by atomic mass is 9.79. The second-order valence-electron chi connectivity index (χ2n) is 4.78. The Morgan fingerprint density at radius 2 is 2.18 bits per heavy atom. The lowest BCUT2D eigenvalue weighted by Crippen LogP contribution is -2.20. The van der Waals surface area contributed by atoms with E-state index in [9.17, 15) is 5.11 Å². The predicted molar refractivity (Wildman–Crippen MR) is 68.9 cm³/mol. The maximum absolute atomic E-state index is 10.3. The fraction of sp³-hybridized carbons (Fsp3) is 0.600. The molecule has 1 aromatic rings. The Labute approximate surface area is 104 Å². The summed E-state index contributed by atoms with van der Waals surface area (Å²) < 4.78 is 5.35. The number of aryl methyl sites for hydroxylation is 1. The van der Waals surface area contributed by atoms with Crippen molar-refractivity contribution in [3.8, 4) is 0 Å². The number of benzene rings is 1. The Kier molecular flexibility index (Phi) is 4.57. The molecule has 2 atom stereocenters. The van der Waals surface area contributed by atoms with Crippen LogP contribution in [0.4, 0.5) is 0 Å². The smallest absolute Gasteiger partial charge is 0.0820 e. The number of rotatable bonds is 5. The molecule has 0 aromatic heterocycles. The highest BCUT2D eigenvalue weighted by atomic mass is 16.5. The van der Waals surface area contributed by atoms with Gasteiger partial charge in [0.1, 0.15) is 0 Å². The first-order valence-corrected chi connectivity index (χ1v) is 6.66. The van der Waals surface area contributed by atoms with E-state index in [1.807, 2.05) is 13.0 Å². The maximum Gasteiger partial charge on any atom is 0.0820 e. The number of aliphatic hydroxyl groups is 1. The van der Waals surface area contributed by atoms with Crippen molar-refractivity contribution in [1.82, 2.24) is 0 Å². The van der Waals surface area contributed by atoms with Gasteiger partial charge in [0.2, 0.25) is 0 Å². The molecular formula is C15H22O2. The molecule has 0 saturated carbocycles. The topological polar surface area (TPSA) is 29.5 Å². The molecule has 0 fully saturated rings. The maximum atomic E-state index is 10.3. The Bertz CT molecular complexity index is 349. The summed E-state index contributed by atoms with van der Waals surface area (Å²) in [5, 5.41) is 10.3. The van der Waals surface area contributed by atoms with Crippen LogP contribution in [0, 0.1) is 5.92 Å². The zero-order valence-electron chi connectivity index (χ0n) is 10.6. The molecule has 2 nitrogen and oxygen atoms in total. The normalized spacial score (nSPS) is 23.4. The Balaban J connectivity index is 1.90. The van der Waals surface area contributed by atoms with E-state index in [0.29, 0.717) is 5.92 Å². The van der Waals surface area contributed by atoms with Gasteiger partial charge < -0.3 is 9.84 Å². The molecule has 1 N–H and O–H groups in total. The van der Waals surface area contributed by atoms with Gasteiger partial charge in [0.05, 0.1) is 6.10 Å². The minimum Gasteiger partial charge on any atom is -0.388 e. The van der Waals surface area contributed by atoms with Crippen molar-refractivity contribution >= 4 is 0 Å². The predicted octanol–water partition coefficient (Wildman–Crippen LogP) is 3.10. The zero-order chi connectivity index (χ0) is 12.1. The van der Waals surface area contributed by atoms with Gasteiger partial charge in [0, 0.05) is 13.2 Å². The van der Waals surface area contributed by atoms with Crippen LogP contribution in [-0.4, -0.2) is 18.3 Å². The molecule has 0 heterocycles. The van der Waals surface area contributed by atoms with E-state index in [-0.39, 0.29) is 6.10 Å². The van der Waals surface area contributed by atoms with Crippen molar-refractivity contribution in [1.29, 1.82) is 0 Å². The summed E-state index contributed by atoms with van der Waals surface area (Å²) in [6.07, 6.45) is 4.05. The number of fused-ring (bicyclic) bond motifs is 1. The summed E-state index contributed by atoms with van der Waals surface area (Å²) in [4.78, 5) is 0. The molecule has 0 spiro atoms. The summed E-state index contributed by atoms with van der Waals surface area (Å²) in [5.74, 6) is 0.408. The molecule has 1 aliphatic rings. The van der Waals surface area contributed by atoms with E-state index in [2.05, 4.69) is 18.2 Å². The highest BCUT2D eigenvalue weighted by Crippen LogP contribution is 2.36. The fourth-order valence-electron chi connectivity index (χ4n) is 2.70. The third-order valence-electron chi connectivity index (χ3n) is 3.67. The van der Waals surface area contributed by atoms with E-state index in [4.69, 9.17) is 4.74 Å². The Morgan fingerprint density at radius 3 is 3.00 bits per heavy atom. The van der Waals surface area contributed by atoms with Crippen LogP contribution in [0.2, 0.25) is 0 Å². The molecule has 0 amide bonds. The average Bonchev–Trinajstić information content (AvgIpc) is 2.37. The largest absolute Gasteiger partial charge is 0.388 e. The number of ether oxygens (including phenoxy) is 1. The van der Waals surface area contributed by atoms with Gasteiger partial charge in [-0.25, -0.2) is 0 Å². The standard InChI is InChI=1S/C15H22O2/c1-2-17-11-5-7-13-10-9-12-6-3-4-8-14(12)15(13)16/h3-4,6,8,13,15-16H,2,5,7,9-11H2,1H3. The summed E-state index contributed by atoms with van der Waals surface area (Å²) >= 11 is 0. The number of hydrogen-bond donors (Lipinski definition) is 1. The molecule has 0 bridgehead atoms. The van der Waals surface area contributed by atoms with Gasteiger partial charge in [0.25, 0.3) is 0 Å². The number of aliphatic hydroxyl groups excluding tert-OH is 1. The lowest BCUT2D eigenvalue weighted by Gasteiger charge is -2.30. The van der Waals surface area contributed by atoms with Crippen LogP contribution >= 0.6 is 0 Å². The first-order valence-electron chi connectivity index (χ1n) is 6.66. The number of hydrogen-bond acceptors (Lipinski definition) is 2. The second kappa shape index (κ2) is 6.18. The van der Waals surface area contributed by atoms with Crippen LogP contribution in [0.3, 0.4) is 0 Å². The highest BCUT2D eigenvalue weighted by Gasteiger charge is 2.26. The van der Waals surface area contributed by atoms with Crippen molar-refractivity contribution in [2.75, 3.05) is 13.2 Å². The van der Waals surface area contributed by atoms with Crippen LogP contribution in [0.1, 0.15) is 43.4 Å². The van der Waals surface area contributed by atoms with E-state index < -0.39 is 0 Å². The monoisotopic (exact) mass is 234 g/mol. The molecule has 1 aromatic carbocycles. The van der Waals surface area contributed by atoms with Gasteiger partial charge in [-0.05, 0) is 49.7 Å². The minimum atomic E-state index is -0.276. The molecule has 0 aliphatic heterocycles. The van der Waals surface area contributed by atoms with Gasteiger partial charge >= 0.3 is 0 Å². The molecule has 0 radical (unpaired) electrons. The highest BCUT2D eigenvalue weighted by molar-refractivity contribution is 5.31. The van der Waals surface area contributed by atoms with Gasteiger partial charge in [-0.1, -0.05) is 24.3 Å². The minimum absolute atomic E-state index is 0.276. The van der Waals surface area contributed by atoms with Crippen LogP contribution in [0.15, 0.2) is 24.3 Å². The van der Waals surface area contributed by atoms with Gasteiger partial charge in [-0.3, -0.25) is 0 Å². The van der Waals surface area contributed by atoms with E-state index >= 15 is 0 Å². The van der Waals surface area contributed by atoms with Crippen LogP contribution in [0.5, 0.6) is 0 Å². The lowest BCUT2D eigenvalue weighted by molar-refractivity contribution is 0.0761. The van der Waals surface area contributed by atoms with E-state index in [1.54, 1.807) is 0 Å². The van der Waals surface area contributed by atoms with Gasteiger partial charge in [0.15, 0.2) is 0 Å². The molecule has 0 saturated heterocycles. The second-order valence-corrected chi connectivity index (χ2v) is 4.78. The summed E-state index contributed by atoms with van der Waals surface area (Å²) in [6, 6.07) is 8.27. The molecule has 2 unspecified atom stereocenters. The molecule has 2 heteroatoms. The Hall–Kier alpha value is -0.860. The van der Waals surface area contributed by atoms with Crippen molar-refractivity contribution in [2.45, 2.75) is 38.7 Å². The SMILES string of the molecule is CCOCCCC1CCc2ccccc2C1O. The van der Waals surface area contributed by atoms with Crippen molar-refractivity contribution in [3.63, 3.8) is 0 Å². The van der Waals surface area contributed by atoms with Gasteiger partial charge in [-0.2, -0.15) is 0 Å². The third-order valence-corrected chi connectivity index (χ3v) is 3.67. The average molecular weight is 234 g/mol. The first kappa shape index (κ1) is 12.6. The van der Waals surface area contributed by atoms with E-state index in [0.717, 1.165) is 44.5 Å². The molecule has 2 rings (SSSR count). The fourth-order valence-corrected chi connectivity index (χ4v) is 2.70. The molecule has 94 valence electrons.